The predicted octanol–water partition coefficient (Wildman–Crippen LogP) is 0.709. The van der Waals surface area contributed by atoms with E-state index in [1.807, 2.05) is 12.1 Å². The van der Waals surface area contributed by atoms with Crippen LogP contribution in [0.15, 0.2) is 18.3 Å². The molecule has 0 aromatic carbocycles. The normalized spacial score (nSPS) is 14.9. The number of rotatable bonds is 6. The molecule has 5 N–H and O–H groups in total. The molecule has 5 nitrogen and oxygen atoms in total. The van der Waals surface area contributed by atoms with E-state index in [0.29, 0.717) is 11.7 Å². The van der Waals surface area contributed by atoms with Crippen LogP contribution in [-0.4, -0.2) is 24.2 Å². The minimum Gasteiger partial charge on any atom is -0.384 e. The molecule has 0 amide bonds. The Labute approximate surface area is 103 Å². The lowest BCUT2D eigenvalue weighted by atomic mass is 9.94. The van der Waals surface area contributed by atoms with Crippen LogP contribution in [0.5, 0.6) is 0 Å². The molecule has 1 rings (SSSR count). The van der Waals surface area contributed by atoms with Crippen molar-refractivity contribution in [3.05, 3.63) is 23.9 Å². The van der Waals surface area contributed by atoms with Crippen molar-refractivity contribution < 1.29 is 4.74 Å². The van der Waals surface area contributed by atoms with E-state index in [-0.39, 0.29) is 12.1 Å². The standard InChI is InChI=1S/C12H22N4O/c1-8(2)12(17-3)10(16-14)6-9-4-5-15-11(13)7-9/h4-5,7-8,10,12,16H,6,14H2,1-3H3,(H2,13,15). The van der Waals surface area contributed by atoms with Gasteiger partial charge in [0, 0.05) is 13.3 Å². The Bertz CT molecular complexity index is 343. The second-order valence-electron chi connectivity index (χ2n) is 4.51. The summed E-state index contributed by atoms with van der Waals surface area (Å²) in [6, 6.07) is 3.85. The van der Waals surface area contributed by atoms with E-state index in [0.717, 1.165) is 12.0 Å². The lowest BCUT2D eigenvalue weighted by Crippen LogP contribution is -2.48. The van der Waals surface area contributed by atoms with Crippen molar-refractivity contribution in [2.45, 2.75) is 32.4 Å². The summed E-state index contributed by atoms with van der Waals surface area (Å²) < 4.78 is 5.48. The number of ether oxygens (including phenoxy) is 1. The Hall–Kier alpha value is -1.17. The Morgan fingerprint density at radius 1 is 1.47 bits per heavy atom. The first kappa shape index (κ1) is 13.9. The summed E-state index contributed by atoms with van der Waals surface area (Å²) in [6.45, 7) is 4.22. The average Bonchev–Trinajstić information content (AvgIpc) is 2.28. The topological polar surface area (TPSA) is 86.2 Å². The Morgan fingerprint density at radius 3 is 2.65 bits per heavy atom. The molecule has 5 heteroatoms. The molecule has 0 saturated heterocycles. The minimum absolute atomic E-state index is 0.0572. The van der Waals surface area contributed by atoms with Crippen LogP contribution in [0.4, 0.5) is 5.82 Å². The highest BCUT2D eigenvalue weighted by Gasteiger charge is 2.23. The van der Waals surface area contributed by atoms with E-state index < -0.39 is 0 Å². The fourth-order valence-corrected chi connectivity index (χ4v) is 2.05. The second kappa shape index (κ2) is 6.54. The van der Waals surface area contributed by atoms with Gasteiger partial charge in [-0.1, -0.05) is 13.8 Å². The number of nitrogens with zero attached hydrogens (tertiary/aromatic N) is 1. The van der Waals surface area contributed by atoms with Gasteiger partial charge in [0.25, 0.3) is 0 Å². The number of pyridine rings is 1. The molecular weight excluding hydrogens is 216 g/mol. The van der Waals surface area contributed by atoms with Gasteiger partial charge in [0.1, 0.15) is 5.82 Å². The number of hydrogen-bond acceptors (Lipinski definition) is 5. The van der Waals surface area contributed by atoms with E-state index >= 15 is 0 Å². The summed E-state index contributed by atoms with van der Waals surface area (Å²) >= 11 is 0. The maximum Gasteiger partial charge on any atom is 0.123 e. The maximum atomic E-state index is 5.65. The van der Waals surface area contributed by atoms with Crippen LogP contribution in [0, 0.1) is 5.92 Å². The van der Waals surface area contributed by atoms with Crippen molar-refractivity contribution in [2.75, 3.05) is 12.8 Å². The zero-order chi connectivity index (χ0) is 12.8. The number of nitrogen functional groups attached to an aromatic ring is 1. The third kappa shape index (κ3) is 3.96. The van der Waals surface area contributed by atoms with E-state index in [4.69, 9.17) is 16.3 Å². The molecule has 2 atom stereocenters. The smallest absolute Gasteiger partial charge is 0.123 e. The van der Waals surface area contributed by atoms with E-state index in [2.05, 4.69) is 24.3 Å². The maximum absolute atomic E-state index is 5.65. The first-order chi connectivity index (χ1) is 8.08. The van der Waals surface area contributed by atoms with Crippen molar-refractivity contribution in [1.82, 2.24) is 10.4 Å². The molecule has 17 heavy (non-hydrogen) atoms. The van der Waals surface area contributed by atoms with Crippen molar-refractivity contribution in [3.8, 4) is 0 Å². The highest BCUT2D eigenvalue weighted by Crippen LogP contribution is 2.15. The quantitative estimate of drug-likeness (QED) is 0.502. The number of hydrazine groups is 1. The number of nitrogens with one attached hydrogen (secondary N) is 1. The number of anilines is 1. The van der Waals surface area contributed by atoms with Crippen LogP contribution >= 0.6 is 0 Å². The van der Waals surface area contributed by atoms with Gasteiger partial charge in [0.15, 0.2) is 0 Å². The van der Waals surface area contributed by atoms with Crippen molar-refractivity contribution >= 4 is 5.82 Å². The van der Waals surface area contributed by atoms with Crippen molar-refractivity contribution in [3.63, 3.8) is 0 Å². The molecule has 0 radical (unpaired) electrons. The summed E-state index contributed by atoms with van der Waals surface area (Å²) in [5, 5.41) is 0. The van der Waals surface area contributed by atoms with Gasteiger partial charge < -0.3 is 10.5 Å². The Balaban J connectivity index is 2.75. The zero-order valence-corrected chi connectivity index (χ0v) is 10.7. The van der Waals surface area contributed by atoms with Gasteiger partial charge >= 0.3 is 0 Å². The first-order valence-corrected chi connectivity index (χ1v) is 5.77. The second-order valence-corrected chi connectivity index (χ2v) is 4.51. The van der Waals surface area contributed by atoms with Crippen LogP contribution in [0.3, 0.4) is 0 Å². The summed E-state index contributed by atoms with van der Waals surface area (Å²) in [5.41, 5.74) is 9.57. The molecule has 0 aliphatic rings. The van der Waals surface area contributed by atoms with Crippen LogP contribution in [-0.2, 0) is 11.2 Å². The number of hydrogen-bond donors (Lipinski definition) is 3. The molecule has 0 saturated carbocycles. The van der Waals surface area contributed by atoms with Gasteiger partial charge in [-0.25, -0.2) is 4.98 Å². The van der Waals surface area contributed by atoms with Crippen LogP contribution < -0.4 is 17.0 Å². The van der Waals surface area contributed by atoms with Crippen molar-refractivity contribution in [2.24, 2.45) is 11.8 Å². The average molecular weight is 238 g/mol. The molecular formula is C12H22N4O. The molecule has 0 fully saturated rings. The molecule has 2 unspecified atom stereocenters. The molecule has 0 aliphatic heterocycles. The number of aromatic nitrogens is 1. The summed E-state index contributed by atoms with van der Waals surface area (Å²) in [6.07, 6.45) is 2.53. The molecule has 0 aliphatic carbocycles. The molecule has 1 aromatic rings. The molecule has 1 heterocycles. The SMILES string of the molecule is COC(C(C)C)C(Cc1ccnc(N)c1)NN. The van der Waals surface area contributed by atoms with Gasteiger partial charge in [-0.05, 0) is 30.0 Å². The van der Waals surface area contributed by atoms with E-state index in [9.17, 15) is 0 Å². The third-order valence-corrected chi connectivity index (χ3v) is 2.84. The van der Waals surface area contributed by atoms with Crippen LogP contribution in [0.25, 0.3) is 0 Å². The lowest BCUT2D eigenvalue weighted by molar-refractivity contribution is 0.0332. The highest BCUT2D eigenvalue weighted by molar-refractivity contribution is 5.32. The highest BCUT2D eigenvalue weighted by atomic mass is 16.5. The van der Waals surface area contributed by atoms with Gasteiger partial charge in [-0.15, -0.1) is 0 Å². The fourth-order valence-electron chi connectivity index (χ4n) is 2.05. The molecule has 96 valence electrons. The largest absolute Gasteiger partial charge is 0.384 e. The first-order valence-electron chi connectivity index (χ1n) is 5.77. The Kier molecular flexibility index (Phi) is 5.34. The molecule has 0 bridgehead atoms. The van der Waals surface area contributed by atoms with Gasteiger partial charge in [-0.3, -0.25) is 11.3 Å². The number of methoxy groups -OCH3 is 1. The summed E-state index contributed by atoms with van der Waals surface area (Å²) in [5.74, 6) is 6.51. The Morgan fingerprint density at radius 2 is 2.18 bits per heavy atom. The van der Waals surface area contributed by atoms with Crippen LogP contribution in [0.1, 0.15) is 19.4 Å². The minimum atomic E-state index is 0.0572. The van der Waals surface area contributed by atoms with E-state index in [1.54, 1.807) is 13.3 Å². The van der Waals surface area contributed by atoms with Crippen molar-refractivity contribution in [1.29, 1.82) is 0 Å². The van der Waals surface area contributed by atoms with Gasteiger partial charge in [0.05, 0.1) is 12.1 Å². The lowest BCUT2D eigenvalue weighted by Gasteiger charge is -2.28. The monoisotopic (exact) mass is 238 g/mol. The summed E-state index contributed by atoms with van der Waals surface area (Å²) in [4.78, 5) is 3.97. The molecule has 1 aromatic heterocycles. The number of nitrogens with two attached hydrogens (primary N) is 2. The third-order valence-electron chi connectivity index (χ3n) is 2.84. The van der Waals surface area contributed by atoms with E-state index in [1.165, 1.54) is 0 Å². The predicted molar refractivity (Wildman–Crippen MR) is 69.1 cm³/mol. The van der Waals surface area contributed by atoms with Gasteiger partial charge in [-0.2, -0.15) is 0 Å². The zero-order valence-electron chi connectivity index (χ0n) is 10.7. The van der Waals surface area contributed by atoms with Gasteiger partial charge in [0.2, 0.25) is 0 Å². The summed E-state index contributed by atoms with van der Waals surface area (Å²) in [7, 11) is 1.70. The molecule has 0 spiro atoms. The fraction of sp³-hybridized carbons (Fsp3) is 0.583. The van der Waals surface area contributed by atoms with Crippen LogP contribution in [0.2, 0.25) is 0 Å².